The van der Waals surface area contributed by atoms with Gasteiger partial charge in [-0.3, -0.25) is 0 Å². The minimum atomic E-state index is -4.19. The fraction of sp³-hybridized carbons (Fsp3) is 0.583. The normalized spacial score (nSPS) is 13.5. The van der Waals surface area contributed by atoms with Gasteiger partial charge in [0, 0.05) is 24.2 Å². The average Bonchev–Trinajstić information content (AvgIpc) is 2.32. The Morgan fingerprint density at radius 2 is 2.16 bits per heavy atom. The fourth-order valence-corrected chi connectivity index (χ4v) is 1.91. The number of alkyl halides is 3. The van der Waals surface area contributed by atoms with Crippen LogP contribution in [0, 0.1) is 0 Å². The van der Waals surface area contributed by atoms with E-state index in [1.807, 2.05) is 6.92 Å². The van der Waals surface area contributed by atoms with E-state index in [1.165, 1.54) is 6.20 Å². The van der Waals surface area contributed by atoms with Crippen molar-refractivity contribution in [1.82, 2.24) is 10.3 Å². The van der Waals surface area contributed by atoms with Crippen LogP contribution < -0.4 is 11.1 Å². The number of nitrogens with zero attached hydrogens (tertiary/aromatic N) is 1. The molecule has 0 aliphatic rings. The third-order valence-electron chi connectivity index (χ3n) is 2.65. The smallest absolute Gasteiger partial charge is 0.383 e. The van der Waals surface area contributed by atoms with Crippen LogP contribution in [-0.4, -0.2) is 17.7 Å². The summed E-state index contributed by atoms with van der Waals surface area (Å²) in [5.74, 6) is 0.208. The third-order valence-corrected chi connectivity index (χ3v) is 2.86. The van der Waals surface area contributed by atoms with Gasteiger partial charge >= 0.3 is 6.18 Å². The first-order chi connectivity index (χ1) is 8.83. The molecule has 0 aliphatic heterocycles. The average molecular weight is 296 g/mol. The van der Waals surface area contributed by atoms with Gasteiger partial charge in [0.25, 0.3) is 0 Å². The predicted octanol–water partition coefficient (Wildman–Crippen LogP) is 3.70. The Labute approximate surface area is 115 Å². The van der Waals surface area contributed by atoms with Crippen LogP contribution in [0.2, 0.25) is 5.02 Å². The van der Waals surface area contributed by atoms with Crippen LogP contribution in [0.15, 0.2) is 12.3 Å². The van der Waals surface area contributed by atoms with Crippen LogP contribution in [0.25, 0.3) is 0 Å². The minimum Gasteiger partial charge on any atom is -0.383 e. The van der Waals surface area contributed by atoms with E-state index in [0.29, 0.717) is 17.1 Å². The largest absolute Gasteiger partial charge is 0.389 e. The first-order valence-electron chi connectivity index (χ1n) is 6.04. The van der Waals surface area contributed by atoms with Gasteiger partial charge in [-0.25, -0.2) is 4.98 Å². The SMILES string of the molecule is CCCNC(CCC(F)(F)F)c1cc(Cl)cnc1N. The summed E-state index contributed by atoms with van der Waals surface area (Å²) in [6, 6.07) is 1.07. The van der Waals surface area contributed by atoms with E-state index in [1.54, 1.807) is 6.07 Å². The lowest BCUT2D eigenvalue weighted by Crippen LogP contribution is -2.25. The summed E-state index contributed by atoms with van der Waals surface area (Å²) in [6.07, 6.45) is -2.96. The molecule has 0 fully saturated rings. The molecule has 0 aromatic carbocycles. The molecule has 0 aliphatic carbocycles. The van der Waals surface area contributed by atoms with Gasteiger partial charge in [0.1, 0.15) is 5.82 Å². The number of rotatable bonds is 6. The summed E-state index contributed by atoms with van der Waals surface area (Å²) < 4.78 is 37.0. The van der Waals surface area contributed by atoms with Crippen LogP contribution in [0.1, 0.15) is 37.8 Å². The molecule has 0 bridgehead atoms. The number of hydrogen-bond acceptors (Lipinski definition) is 3. The van der Waals surface area contributed by atoms with E-state index in [9.17, 15) is 13.2 Å². The second-order valence-electron chi connectivity index (χ2n) is 4.29. The van der Waals surface area contributed by atoms with E-state index in [-0.39, 0.29) is 12.2 Å². The van der Waals surface area contributed by atoms with Crippen molar-refractivity contribution < 1.29 is 13.2 Å². The quantitative estimate of drug-likeness (QED) is 0.841. The number of nitrogens with two attached hydrogens (primary N) is 1. The van der Waals surface area contributed by atoms with E-state index in [4.69, 9.17) is 17.3 Å². The molecule has 3 N–H and O–H groups in total. The number of nitrogens with one attached hydrogen (secondary N) is 1. The van der Waals surface area contributed by atoms with Crippen molar-refractivity contribution in [3.63, 3.8) is 0 Å². The standard InChI is InChI=1S/C12H17ClF3N3/c1-2-5-18-10(3-4-12(14,15)16)9-6-8(13)7-19-11(9)17/h6-7,10,18H,2-5H2,1H3,(H2,17,19). The zero-order valence-electron chi connectivity index (χ0n) is 10.6. The highest BCUT2D eigenvalue weighted by Crippen LogP contribution is 2.30. The molecule has 108 valence electrons. The Morgan fingerprint density at radius 1 is 1.47 bits per heavy atom. The van der Waals surface area contributed by atoms with Gasteiger partial charge in [0.15, 0.2) is 0 Å². The Hall–Kier alpha value is -1.01. The molecule has 0 saturated carbocycles. The Morgan fingerprint density at radius 3 is 2.74 bits per heavy atom. The van der Waals surface area contributed by atoms with Crippen LogP contribution >= 0.6 is 11.6 Å². The van der Waals surface area contributed by atoms with Gasteiger partial charge in [-0.05, 0) is 25.5 Å². The number of anilines is 1. The maximum absolute atomic E-state index is 12.3. The number of aromatic nitrogens is 1. The van der Waals surface area contributed by atoms with Gasteiger partial charge in [-0.2, -0.15) is 13.2 Å². The van der Waals surface area contributed by atoms with Crippen molar-refractivity contribution in [2.75, 3.05) is 12.3 Å². The van der Waals surface area contributed by atoms with Crippen LogP contribution in [0.5, 0.6) is 0 Å². The van der Waals surface area contributed by atoms with Gasteiger partial charge in [0.2, 0.25) is 0 Å². The van der Waals surface area contributed by atoms with Crippen molar-refractivity contribution >= 4 is 17.4 Å². The van der Waals surface area contributed by atoms with Gasteiger partial charge < -0.3 is 11.1 Å². The number of nitrogen functional groups attached to an aromatic ring is 1. The molecule has 19 heavy (non-hydrogen) atoms. The van der Waals surface area contributed by atoms with Crippen molar-refractivity contribution in [3.05, 3.63) is 22.8 Å². The van der Waals surface area contributed by atoms with Gasteiger partial charge in [0.05, 0.1) is 5.02 Å². The van der Waals surface area contributed by atoms with Crippen molar-refractivity contribution in [1.29, 1.82) is 0 Å². The molecule has 0 saturated heterocycles. The maximum atomic E-state index is 12.3. The second-order valence-corrected chi connectivity index (χ2v) is 4.73. The first kappa shape index (κ1) is 16.0. The van der Waals surface area contributed by atoms with Gasteiger partial charge in [-0.1, -0.05) is 18.5 Å². The topological polar surface area (TPSA) is 50.9 Å². The highest BCUT2D eigenvalue weighted by Gasteiger charge is 2.29. The summed E-state index contributed by atoms with van der Waals surface area (Å²) in [6.45, 7) is 2.54. The molecule has 1 aromatic heterocycles. The monoisotopic (exact) mass is 295 g/mol. The van der Waals surface area contributed by atoms with Crippen molar-refractivity contribution in [3.8, 4) is 0 Å². The molecule has 7 heteroatoms. The molecule has 1 heterocycles. The molecular weight excluding hydrogens is 279 g/mol. The maximum Gasteiger partial charge on any atom is 0.389 e. The summed E-state index contributed by atoms with van der Waals surface area (Å²) in [5, 5.41) is 3.41. The Balaban J connectivity index is 2.85. The molecule has 1 rings (SSSR count). The van der Waals surface area contributed by atoms with E-state index in [2.05, 4.69) is 10.3 Å². The number of pyridine rings is 1. The van der Waals surface area contributed by atoms with E-state index >= 15 is 0 Å². The zero-order chi connectivity index (χ0) is 14.5. The van der Waals surface area contributed by atoms with Crippen molar-refractivity contribution in [2.24, 2.45) is 0 Å². The third kappa shape index (κ3) is 5.65. The Bertz CT molecular complexity index is 410. The molecule has 1 aromatic rings. The first-order valence-corrected chi connectivity index (χ1v) is 6.42. The Kier molecular flexibility index (Phi) is 5.87. The molecule has 1 unspecified atom stereocenters. The lowest BCUT2D eigenvalue weighted by molar-refractivity contribution is -0.136. The van der Waals surface area contributed by atoms with Gasteiger partial charge in [-0.15, -0.1) is 0 Å². The van der Waals surface area contributed by atoms with E-state index in [0.717, 1.165) is 6.42 Å². The number of halogens is 4. The molecule has 0 radical (unpaired) electrons. The fourth-order valence-electron chi connectivity index (χ4n) is 1.74. The minimum absolute atomic E-state index is 0.0876. The molecule has 0 amide bonds. The molecular formula is C12H17ClF3N3. The lowest BCUT2D eigenvalue weighted by Gasteiger charge is -2.21. The van der Waals surface area contributed by atoms with Crippen LogP contribution in [0.4, 0.5) is 19.0 Å². The highest BCUT2D eigenvalue weighted by atomic mass is 35.5. The predicted molar refractivity (Wildman–Crippen MR) is 70.0 cm³/mol. The number of hydrogen-bond donors (Lipinski definition) is 2. The summed E-state index contributed by atoms with van der Waals surface area (Å²) in [7, 11) is 0. The molecule has 3 nitrogen and oxygen atoms in total. The van der Waals surface area contributed by atoms with Crippen LogP contribution in [-0.2, 0) is 0 Å². The van der Waals surface area contributed by atoms with Crippen molar-refractivity contribution in [2.45, 2.75) is 38.4 Å². The lowest BCUT2D eigenvalue weighted by atomic mass is 10.0. The molecule has 1 atom stereocenters. The summed E-state index contributed by atoms with van der Waals surface area (Å²) in [5.41, 5.74) is 6.23. The van der Waals surface area contributed by atoms with E-state index < -0.39 is 18.6 Å². The zero-order valence-corrected chi connectivity index (χ0v) is 11.4. The summed E-state index contributed by atoms with van der Waals surface area (Å²) in [4.78, 5) is 3.88. The second kappa shape index (κ2) is 6.96. The summed E-state index contributed by atoms with van der Waals surface area (Å²) >= 11 is 5.82. The highest BCUT2D eigenvalue weighted by molar-refractivity contribution is 6.30. The molecule has 0 spiro atoms. The van der Waals surface area contributed by atoms with Crippen LogP contribution in [0.3, 0.4) is 0 Å².